The number of carbonyl (C=O) groups excluding carboxylic acids is 2. The molecule has 0 unspecified atom stereocenters. The topological polar surface area (TPSA) is 91.3 Å². The molecule has 1 saturated carbocycles. The fourth-order valence-corrected chi connectivity index (χ4v) is 5.11. The van der Waals surface area contributed by atoms with Gasteiger partial charge in [-0.3, -0.25) is 4.79 Å². The van der Waals surface area contributed by atoms with E-state index in [4.69, 9.17) is 18.9 Å². The second-order valence-corrected chi connectivity index (χ2v) is 10.6. The summed E-state index contributed by atoms with van der Waals surface area (Å²) in [5.41, 5.74) is 1.52. The predicted molar refractivity (Wildman–Crippen MR) is 135 cm³/mol. The van der Waals surface area contributed by atoms with E-state index in [-0.39, 0.29) is 35.6 Å². The molecule has 194 valence electrons. The number of hydrogen-bond donors (Lipinski definition) is 1. The number of ether oxygens (including phenoxy) is 4. The van der Waals surface area contributed by atoms with Crippen molar-refractivity contribution in [2.24, 2.45) is 11.3 Å². The van der Waals surface area contributed by atoms with Gasteiger partial charge in [0, 0.05) is 11.1 Å². The first-order chi connectivity index (χ1) is 17.1. The van der Waals surface area contributed by atoms with Crippen molar-refractivity contribution in [1.29, 1.82) is 0 Å². The van der Waals surface area contributed by atoms with Gasteiger partial charge in [0.2, 0.25) is 0 Å². The molecular weight excluding hydrogens is 460 g/mol. The summed E-state index contributed by atoms with van der Waals surface area (Å²) in [6.45, 7) is 7.81. The second-order valence-electron chi connectivity index (χ2n) is 10.6. The van der Waals surface area contributed by atoms with E-state index in [1.54, 1.807) is 18.2 Å². The third kappa shape index (κ3) is 5.21. The molecule has 4 rings (SSSR count). The highest BCUT2D eigenvalue weighted by Crippen LogP contribution is 2.45. The van der Waals surface area contributed by atoms with E-state index in [1.807, 2.05) is 33.8 Å². The lowest BCUT2D eigenvalue weighted by atomic mass is 9.76. The van der Waals surface area contributed by atoms with E-state index in [1.165, 1.54) is 7.11 Å². The molecule has 7 nitrogen and oxygen atoms in total. The van der Waals surface area contributed by atoms with Crippen LogP contribution in [0, 0.1) is 18.3 Å². The van der Waals surface area contributed by atoms with Crippen molar-refractivity contribution < 1.29 is 33.6 Å². The smallest absolute Gasteiger partial charge is 0.346 e. The molecule has 1 N–H and O–H groups in total. The van der Waals surface area contributed by atoms with Gasteiger partial charge in [0.1, 0.15) is 23.7 Å². The van der Waals surface area contributed by atoms with E-state index >= 15 is 0 Å². The number of carbonyl (C=O) groups is 2. The fourth-order valence-electron chi connectivity index (χ4n) is 5.11. The van der Waals surface area contributed by atoms with Crippen molar-refractivity contribution in [3.05, 3.63) is 46.5 Å². The van der Waals surface area contributed by atoms with Crippen molar-refractivity contribution >= 4 is 11.9 Å². The molecule has 0 spiro atoms. The summed E-state index contributed by atoms with van der Waals surface area (Å²) in [7, 11) is 1.45. The van der Waals surface area contributed by atoms with Gasteiger partial charge in [-0.2, -0.15) is 0 Å². The van der Waals surface area contributed by atoms with Crippen LogP contribution in [-0.4, -0.2) is 24.2 Å². The molecule has 0 saturated heterocycles. The molecule has 1 aliphatic carbocycles. The van der Waals surface area contributed by atoms with Gasteiger partial charge >= 0.3 is 11.9 Å². The second kappa shape index (κ2) is 10.5. The van der Waals surface area contributed by atoms with Crippen LogP contribution < -0.4 is 14.2 Å². The quantitative estimate of drug-likeness (QED) is 0.364. The van der Waals surface area contributed by atoms with Gasteiger partial charge in [-0.1, -0.05) is 33.1 Å². The first kappa shape index (κ1) is 26.0. The number of aliphatic hydroxyl groups is 1. The van der Waals surface area contributed by atoms with Gasteiger partial charge < -0.3 is 24.1 Å². The van der Waals surface area contributed by atoms with Crippen molar-refractivity contribution in [1.82, 2.24) is 0 Å². The third-order valence-electron chi connectivity index (χ3n) is 7.11. The molecule has 36 heavy (non-hydrogen) atoms. The molecular formula is C29H36O7. The van der Waals surface area contributed by atoms with Gasteiger partial charge in [-0.05, 0) is 68.9 Å². The number of aliphatic hydroxyl groups excluding tert-OH is 1. The molecule has 7 heteroatoms. The summed E-state index contributed by atoms with van der Waals surface area (Å²) in [6, 6.07) is 6.94. The zero-order chi connectivity index (χ0) is 26.0. The van der Waals surface area contributed by atoms with Crippen LogP contribution >= 0.6 is 0 Å². The minimum absolute atomic E-state index is 0.0565. The molecule has 1 aliphatic heterocycles. The van der Waals surface area contributed by atoms with E-state index in [0.717, 1.165) is 37.7 Å². The van der Waals surface area contributed by atoms with Crippen LogP contribution in [0.2, 0.25) is 0 Å². The van der Waals surface area contributed by atoms with Crippen molar-refractivity contribution in [3.8, 4) is 23.0 Å². The molecule has 0 radical (unpaired) electrons. The molecule has 0 amide bonds. The van der Waals surface area contributed by atoms with Crippen LogP contribution in [0.1, 0.15) is 92.4 Å². The minimum atomic E-state index is -0.814. The van der Waals surface area contributed by atoms with E-state index in [9.17, 15) is 14.7 Å². The van der Waals surface area contributed by atoms with Crippen LogP contribution in [0.25, 0.3) is 0 Å². The average Bonchev–Trinajstić information content (AvgIpc) is 2.82. The number of fused-ring (bicyclic) bond motifs is 2. The maximum Gasteiger partial charge on any atom is 0.346 e. The number of hydrogen-bond acceptors (Lipinski definition) is 7. The lowest BCUT2D eigenvalue weighted by Gasteiger charge is -2.31. The number of rotatable bonds is 6. The molecule has 1 fully saturated rings. The van der Waals surface area contributed by atoms with Gasteiger partial charge in [-0.25, -0.2) is 4.79 Å². The molecule has 2 aliphatic rings. The average molecular weight is 497 g/mol. The first-order valence-corrected chi connectivity index (χ1v) is 12.7. The van der Waals surface area contributed by atoms with Gasteiger partial charge in [0.15, 0.2) is 11.5 Å². The predicted octanol–water partition coefficient (Wildman–Crippen LogP) is 6.42. The highest BCUT2D eigenvalue weighted by atomic mass is 16.6. The van der Waals surface area contributed by atoms with Crippen molar-refractivity contribution in [2.75, 3.05) is 7.11 Å². The molecule has 1 atom stereocenters. The van der Waals surface area contributed by atoms with E-state index in [2.05, 4.69) is 0 Å². The summed E-state index contributed by atoms with van der Waals surface area (Å²) in [5, 5.41) is 10.8. The molecule has 1 heterocycles. The van der Waals surface area contributed by atoms with Crippen LogP contribution in [0.15, 0.2) is 24.3 Å². The molecule has 2 aromatic carbocycles. The first-order valence-electron chi connectivity index (χ1n) is 12.7. The van der Waals surface area contributed by atoms with Gasteiger partial charge in [0.05, 0.1) is 18.6 Å². The summed E-state index contributed by atoms with van der Waals surface area (Å²) >= 11 is 0. The van der Waals surface area contributed by atoms with Crippen LogP contribution in [0.5, 0.6) is 23.0 Å². The Morgan fingerprint density at radius 3 is 2.56 bits per heavy atom. The van der Waals surface area contributed by atoms with Crippen molar-refractivity contribution in [3.63, 3.8) is 0 Å². The van der Waals surface area contributed by atoms with Gasteiger partial charge in [0.25, 0.3) is 0 Å². The van der Waals surface area contributed by atoms with Crippen LogP contribution in [0.3, 0.4) is 0 Å². The Labute approximate surface area is 212 Å². The van der Waals surface area contributed by atoms with Crippen LogP contribution in [-0.2, 0) is 16.1 Å². The maximum atomic E-state index is 13.2. The molecule has 0 bridgehead atoms. The zero-order valence-corrected chi connectivity index (χ0v) is 21.8. The SMILES string of the molecule is COc1c([C@@H](O)CC(C)C)ccc2c1C(=O)OCc1cc(C)cc(OC(=O)C3(C)CCCCC3)c1O2. The minimum Gasteiger partial charge on any atom is -0.495 e. The summed E-state index contributed by atoms with van der Waals surface area (Å²) in [5.74, 6) is 0.419. The third-order valence-corrected chi connectivity index (χ3v) is 7.11. The fraction of sp³-hybridized carbons (Fsp3) is 0.517. The molecule has 2 aromatic rings. The number of aryl methyl sites for hydroxylation is 1. The lowest BCUT2D eigenvalue weighted by molar-refractivity contribution is -0.146. The van der Waals surface area contributed by atoms with Crippen molar-refractivity contribution in [2.45, 2.75) is 78.9 Å². The Morgan fingerprint density at radius 1 is 1.17 bits per heavy atom. The Bertz CT molecular complexity index is 1140. The largest absolute Gasteiger partial charge is 0.495 e. The number of esters is 2. The monoisotopic (exact) mass is 496 g/mol. The molecule has 0 aromatic heterocycles. The van der Waals surface area contributed by atoms with E-state index < -0.39 is 17.5 Å². The maximum absolute atomic E-state index is 13.2. The van der Waals surface area contributed by atoms with E-state index in [0.29, 0.717) is 29.0 Å². The standard InChI is InChI=1S/C29H36O7/c1-17(2)13-21(30)20-9-10-22-24(26(20)33-5)27(31)34-16-19-14-18(3)15-23(25(19)35-22)36-28(32)29(4)11-7-6-8-12-29/h9-10,14-15,17,21,30H,6-8,11-13,16H2,1-5H3/t21-/m0/s1. The number of cyclic esters (lactones) is 1. The Balaban J connectivity index is 1.75. The summed E-state index contributed by atoms with van der Waals surface area (Å²) < 4.78 is 23.4. The number of benzene rings is 2. The van der Waals surface area contributed by atoms with Gasteiger partial charge in [-0.15, -0.1) is 0 Å². The summed E-state index contributed by atoms with van der Waals surface area (Å²) in [4.78, 5) is 26.3. The normalized spacial score (nSPS) is 17.6. The highest BCUT2D eigenvalue weighted by molar-refractivity contribution is 5.97. The Morgan fingerprint density at radius 2 is 1.89 bits per heavy atom. The summed E-state index contributed by atoms with van der Waals surface area (Å²) in [6.07, 6.45) is 4.41. The lowest BCUT2D eigenvalue weighted by Crippen LogP contribution is -2.34. The van der Waals surface area contributed by atoms with Crippen LogP contribution in [0.4, 0.5) is 0 Å². The Hall–Kier alpha value is -3.06. The zero-order valence-electron chi connectivity index (χ0n) is 21.8. The highest BCUT2D eigenvalue weighted by Gasteiger charge is 2.37. The number of methoxy groups -OCH3 is 1. The Kier molecular flexibility index (Phi) is 7.59.